The summed E-state index contributed by atoms with van der Waals surface area (Å²) in [5, 5.41) is 2.27. The average molecular weight is 340 g/mol. The lowest BCUT2D eigenvalue weighted by atomic mass is 9.47. The summed E-state index contributed by atoms with van der Waals surface area (Å²) < 4.78 is 11.2. The molecule has 2 fully saturated rings. The van der Waals surface area contributed by atoms with Crippen molar-refractivity contribution in [1.29, 1.82) is 0 Å². The van der Waals surface area contributed by atoms with Gasteiger partial charge in [-0.3, -0.25) is 0 Å². The quantitative estimate of drug-likeness (QED) is 0.702. The van der Waals surface area contributed by atoms with Gasteiger partial charge in [-0.2, -0.15) is 0 Å². The molecule has 3 heteroatoms. The molecule has 0 aromatic heterocycles. The molecule has 2 aliphatic carbocycles. The molecule has 0 heterocycles. The molecular weight excluding hydrogens is 312 g/mol. The number of hydrogen-bond donors (Lipinski definition) is 0. The Morgan fingerprint density at radius 1 is 1.16 bits per heavy atom. The Labute approximate surface area is 150 Å². The maximum Gasteiger partial charge on any atom is 0.344 e. The van der Waals surface area contributed by atoms with Gasteiger partial charge in [0, 0.05) is 5.41 Å². The second-order valence-electron chi connectivity index (χ2n) is 7.46. The smallest absolute Gasteiger partial charge is 0.344 e. The van der Waals surface area contributed by atoms with Crippen LogP contribution in [-0.4, -0.2) is 18.7 Å². The van der Waals surface area contributed by atoms with Crippen molar-refractivity contribution in [3.8, 4) is 5.75 Å². The first-order chi connectivity index (χ1) is 12.1. The largest absolute Gasteiger partial charge is 0.482 e. The van der Waals surface area contributed by atoms with E-state index in [1.165, 1.54) is 19.3 Å². The predicted octanol–water partition coefficient (Wildman–Crippen LogP) is 5.37. The van der Waals surface area contributed by atoms with Crippen LogP contribution in [0.4, 0.5) is 0 Å². The minimum atomic E-state index is -0.260. The van der Waals surface area contributed by atoms with E-state index < -0.39 is 0 Å². The van der Waals surface area contributed by atoms with E-state index in [4.69, 9.17) is 9.47 Å². The van der Waals surface area contributed by atoms with Crippen LogP contribution in [0.25, 0.3) is 10.8 Å². The summed E-state index contributed by atoms with van der Waals surface area (Å²) in [6.45, 7) is 6.46. The summed E-state index contributed by atoms with van der Waals surface area (Å²) in [5.41, 5.74) is 0.249. The van der Waals surface area contributed by atoms with Crippen LogP contribution in [0.1, 0.15) is 46.5 Å². The zero-order valence-electron chi connectivity index (χ0n) is 15.5. The molecule has 134 valence electrons. The zero-order valence-corrected chi connectivity index (χ0v) is 15.5. The van der Waals surface area contributed by atoms with Crippen molar-refractivity contribution in [2.24, 2.45) is 11.3 Å². The lowest BCUT2D eigenvalue weighted by Crippen LogP contribution is -2.59. The third kappa shape index (κ3) is 3.65. The van der Waals surface area contributed by atoms with Crippen molar-refractivity contribution in [3.63, 3.8) is 0 Å². The maximum absolute atomic E-state index is 12.0. The summed E-state index contributed by atoms with van der Waals surface area (Å²) in [4.78, 5) is 12.0. The molecule has 3 atom stereocenters. The number of rotatable bonds is 4. The van der Waals surface area contributed by atoms with Gasteiger partial charge in [0.15, 0.2) is 6.61 Å². The van der Waals surface area contributed by atoms with Crippen molar-refractivity contribution in [2.45, 2.75) is 52.6 Å². The Kier molecular flexibility index (Phi) is 5.31. The number of carbonyl (C=O) groups is 1. The van der Waals surface area contributed by atoms with Gasteiger partial charge in [-0.25, -0.2) is 4.79 Å². The molecule has 2 saturated carbocycles. The van der Waals surface area contributed by atoms with Gasteiger partial charge >= 0.3 is 5.97 Å². The third-order valence-corrected chi connectivity index (χ3v) is 5.55. The topological polar surface area (TPSA) is 35.5 Å². The monoisotopic (exact) mass is 340 g/mol. The van der Waals surface area contributed by atoms with Crippen LogP contribution in [0.2, 0.25) is 0 Å². The molecule has 0 saturated heterocycles. The van der Waals surface area contributed by atoms with Gasteiger partial charge < -0.3 is 9.47 Å². The van der Waals surface area contributed by atoms with Crippen molar-refractivity contribution in [1.82, 2.24) is 0 Å². The lowest BCUT2D eigenvalue weighted by molar-refractivity contribution is -0.209. The minimum Gasteiger partial charge on any atom is -0.482 e. The van der Waals surface area contributed by atoms with Crippen LogP contribution < -0.4 is 4.74 Å². The van der Waals surface area contributed by atoms with E-state index >= 15 is 0 Å². The summed E-state index contributed by atoms with van der Waals surface area (Å²) in [7, 11) is 0. The van der Waals surface area contributed by atoms with Gasteiger partial charge in [0.05, 0.1) is 0 Å². The van der Waals surface area contributed by atoms with E-state index in [-0.39, 0.29) is 24.1 Å². The summed E-state index contributed by atoms with van der Waals surface area (Å²) >= 11 is 0. The minimum absolute atomic E-state index is 0.0183. The van der Waals surface area contributed by atoms with E-state index in [2.05, 4.69) is 26.8 Å². The number of ether oxygens (including phenoxy) is 2. The molecule has 0 spiro atoms. The number of carbonyl (C=O) groups excluding carboxylic acids is 1. The average Bonchev–Trinajstić information content (AvgIpc) is 2.62. The van der Waals surface area contributed by atoms with Gasteiger partial charge in [0.2, 0.25) is 0 Å². The van der Waals surface area contributed by atoms with Crippen molar-refractivity contribution >= 4 is 16.7 Å². The molecule has 0 bridgehead atoms. The highest BCUT2D eigenvalue weighted by molar-refractivity contribution is 5.83. The highest BCUT2D eigenvalue weighted by Gasteiger charge is 2.59. The maximum atomic E-state index is 12.0. The third-order valence-electron chi connectivity index (χ3n) is 5.55. The molecule has 3 nitrogen and oxygen atoms in total. The second-order valence-corrected chi connectivity index (χ2v) is 7.46. The summed E-state index contributed by atoms with van der Waals surface area (Å²) in [6, 6.07) is 13.9. The first kappa shape index (κ1) is 17.8. The summed E-state index contributed by atoms with van der Waals surface area (Å²) in [5.74, 6) is 1.22. The highest BCUT2D eigenvalue weighted by Crippen LogP contribution is 2.61. The fourth-order valence-corrected chi connectivity index (χ4v) is 3.76. The second kappa shape index (κ2) is 7.47. The number of hydrogen-bond acceptors (Lipinski definition) is 3. The molecule has 2 aliphatic rings. The SMILES string of the molecule is CC12CCC1CC2OC(=O)COc1ccc2ccccc2c1.CCC. The van der Waals surface area contributed by atoms with Gasteiger partial charge in [0.25, 0.3) is 0 Å². The molecule has 0 radical (unpaired) electrons. The van der Waals surface area contributed by atoms with Crippen molar-refractivity contribution in [2.75, 3.05) is 6.61 Å². The Hall–Kier alpha value is -2.03. The molecule has 3 unspecified atom stereocenters. The number of esters is 1. The first-order valence-corrected chi connectivity index (χ1v) is 9.38. The van der Waals surface area contributed by atoms with Crippen LogP contribution in [0.5, 0.6) is 5.75 Å². The Bertz CT molecular complexity index is 739. The van der Waals surface area contributed by atoms with Gasteiger partial charge in [-0.15, -0.1) is 0 Å². The molecule has 2 aromatic carbocycles. The summed E-state index contributed by atoms with van der Waals surface area (Å²) in [6.07, 6.45) is 4.84. The van der Waals surface area contributed by atoms with E-state index in [1.54, 1.807) is 0 Å². The first-order valence-electron chi connectivity index (χ1n) is 9.38. The van der Waals surface area contributed by atoms with E-state index in [0.29, 0.717) is 5.75 Å². The molecule has 0 N–H and O–H groups in total. The van der Waals surface area contributed by atoms with Crippen LogP contribution in [0, 0.1) is 11.3 Å². The number of fused-ring (bicyclic) bond motifs is 2. The zero-order chi connectivity index (χ0) is 17.9. The fourth-order valence-electron chi connectivity index (χ4n) is 3.76. The van der Waals surface area contributed by atoms with Crippen LogP contribution in [-0.2, 0) is 9.53 Å². The molecule has 0 amide bonds. The van der Waals surface area contributed by atoms with Gasteiger partial charge in [-0.1, -0.05) is 57.5 Å². The molecular formula is C22H28O3. The molecule has 0 aliphatic heterocycles. The number of benzene rings is 2. The molecule has 4 rings (SSSR count). The standard InChI is InChI=1S/C19H20O3.C3H8/c1-19-9-8-15(19)11-17(19)22-18(20)12-21-16-7-6-13-4-2-3-5-14(13)10-16;1-3-2/h2-7,10,15,17H,8-9,11-12H2,1H3;3H2,1-2H3. The Balaban J connectivity index is 0.000000569. The fraction of sp³-hybridized carbons (Fsp3) is 0.500. The molecule has 2 aromatic rings. The Morgan fingerprint density at radius 3 is 2.48 bits per heavy atom. The molecule has 25 heavy (non-hydrogen) atoms. The van der Waals surface area contributed by atoms with Crippen molar-refractivity contribution in [3.05, 3.63) is 42.5 Å². The normalized spacial score (nSPS) is 26.4. The van der Waals surface area contributed by atoms with Gasteiger partial charge in [-0.05, 0) is 48.1 Å². The van der Waals surface area contributed by atoms with Crippen molar-refractivity contribution < 1.29 is 14.3 Å². The van der Waals surface area contributed by atoms with Crippen LogP contribution in [0.15, 0.2) is 42.5 Å². The predicted molar refractivity (Wildman–Crippen MR) is 101 cm³/mol. The van der Waals surface area contributed by atoms with E-state index in [0.717, 1.165) is 23.1 Å². The highest BCUT2D eigenvalue weighted by atomic mass is 16.6. The van der Waals surface area contributed by atoms with E-state index in [1.807, 2.05) is 36.4 Å². The van der Waals surface area contributed by atoms with Crippen LogP contribution >= 0.6 is 0 Å². The van der Waals surface area contributed by atoms with E-state index in [9.17, 15) is 4.79 Å². The lowest BCUT2D eigenvalue weighted by Gasteiger charge is -2.61. The Morgan fingerprint density at radius 2 is 1.88 bits per heavy atom. The van der Waals surface area contributed by atoms with Gasteiger partial charge in [0.1, 0.15) is 11.9 Å². The van der Waals surface area contributed by atoms with Crippen LogP contribution in [0.3, 0.4) is 0 Å².